The fourth-order valence-corrected chi connectivity index (χ4v) is 2.49. The smallest absolute Gasteiger partial charge is 0.242 e. The molecule has 1 aromatic carbocycles. The first kappa shape index (κ1) is 15.5. The quantitative estimate of drug-likeness (QED) is 0.866. The van der Waals surface area contributed by atoms with Gasteiger partial charge in [0, 0.05) is 18.3 Å². The summed E-state index contributed by atoms with van der Waals surface area (Å²) in [7, 11) is 0. The maximum atomic E-state index is 12.8. The molecule has 1 heterocycles. The zero-order valence-corrected chi connectivity index (χ0v) is 13.3. The molecule has 4 heteroatoms. The molecule has 0 saturated carbocycles. The van der Waals surface area contributed by atoms with E-state index in [-0.39, 0.29) is 17.9 Å². The van der Waals surface area contributed by atoms with E-state index in [0.717, 1.165) is 18.5 Å². The molecular weight excluding hydrogens is 264 g/mol. The van der Waals surface area contributed by atoms with Crippen LogP contribution in [-0.4, -0.2) is 24.4 Å². The van der Waals surface area contributed by atoms with Crippen molar-refractivity contribution in [1.82, 2.24) is 5.32 Å². The van der Waals surface area contributed by atoms with Gasteiger partial charge in [-0.05, 0) is 45.2 Å². The Kier molecular flexibility index (Phi) is 4.35. The minimum absolute atomic E-state index is 0.0791. The topological polar surface area (TPSA) is 49.4 Å². The van der Waals surface area contributed by atoms with Crippen molar-refractivity contribution in [2.75, 3.05) is 11.4 Å². The van der Waals surface area contributed by atoms with Gasteiger partial charge in [0.2, 0.25) is 11.8 Å². The molecule has 1 aromatic rings. The molecule has 0 aliphatic carbocycles. The largest absolute Gasteiger partial charge is 0.353 e. The van der Waals surface area contributed by atoms with E-state index >= 15 is 0 Å². The Bertz CT molecular complexity index is 551. The van der Waals surface area contributed by atoms with E-state index in [0.29, 0.717) is 6.54 Å². The Morgan fingerprint density at radius 3 is 2.67 bits per heavy atom. The number of nitrogens with zero attached hydrogens (tertiary/aromatic N) is 1. The monoisotopic (exact) mass is 288 g/mol. The van der Waals surface area contributed by atoms with Gasteiger partial charge in [-0.1, -0.05) is 25.1 Å². The van der Waals surface area contributed by atoms with Crippen LogP contribution in [0.15, 0.2) is 24.3 Å². The van der Waals surface area contributed by atoms with Crippen molar-refractivity contribution >= 4 is 17.5 Å². The lowest BCUT2D eigenvalue weighted by Gasteiger charge is -2.29. The first-order chi connectivity index (χ1) is 9.87. The number of hydrogen-bond acceptors (Lipinski definition) is 2. The molecular formula is C17H24N2O2. The molecule has 1 aliphatic rings. The second-order valence-electron chi connectivity index (χ2n) is 6.24. The van der Waals surface area contributed by atoms with E-state index < -0.39 is 5.41 Å². The van der Waals surface area contributed by atoms with Crippen LogP contribution >= 0.6 is 0 Å². The number of amides is 2. The number of para-hydroxylation sites is 1. The molecule has 114 valence electrons. The summed E-state index contributed by atoms with van der Waals surface area (Å²) in [6.07, 6.45) is 1.70. The molecule has 1 N–H and O–H groups in total. The second kappa shape index (κ2) is 5.88. The van der Waals surface area contributed by atoms with E-state index in [1.54, 1.807) is 18.7 Å². The Labute approximate surface area is 126 Å². The van der Waals surface area contributed by atoms with Gasteiger partial charge >= 0.3 is 0 Å². The summed E-state index contributed by atoms with van der Waals surface area (Å²) >= 11 is 0. The van der Waals surface area contributed by atoms with Crippen LogP contribution in [0.1, 0.15) is 39.7 Å². The fourth-order valence-electron chi connectivity index (χ4n) is 2.49. The lowest BCUT2D eigenvalue weighted by molar-refractivity contribution is -0.140. The van der Waals surface area contributed by atoms with Crippen LogP contribution in [0.2, 0.25) is 0 Å². The first-order valence-electron chi connectivity index (χ1n) is 7.58. The van der Waals surface area contributed by atoms with Gasteiger partial charge in [0.15, 0.2) is 0 Å². The molecule has 0 saturated heterocycles. The van der Waals surface area contributed by atoms with Crippen molar-refractivity contribution in [2.24, 2.45) is 5.41 Å². The number of nitrogens with one attached hydrogen (secondary N) is 1. The van der Waals surface area contributed by atoms with Crippen molar-refractivity contribution in [1.29, 1.82) is 0 Å². The third kappa shape index (κ3) is 2.94. The number of carbonyl (C=O) groups excluding carboxylic acids is 2. The third-order valence-corrected chi connectivity index (χ3v) is 4.22. The average molecular weight is 288 g/mol. The lowest BCUT2D eigenvalue weighted by atomic mass is 9.89. The molecule has 0 bridgehead atoms. The Morgan fingerprint density at radius 1 is 1.33 bits per heavy atom. The van der Waals surface area contributed by atoms with Crippen molar-refractivity contribution in [3.8, 4) is 0 Å². The van der Waals surface area contributed by atoms with Crippen LogP contribution in [0.25, 0.3) is 0 Å². The van der Waals surface area contributed by atoms with Gasteiger partial charge in [-0.15, -0.1) is 0 Å². The van der Waals surface area contributed by atoms with Gasteiger partial charge in [0.1, 0.15) is 5.41 Å². The Morgan fingerprint density at radius 2 is 2.00 bits per heavy atom. The molecule has 1 unspecified atom stereocenters. The minimum Gasteiger partial charge on any atom is -0.353 e. The summed E-state index contributed by atoms with van der Waals surface area (Å²) in [5.74, 6) is -0.334. The highest BCUT2D eigenvalue weighted by Crippen LogP contribution is 2.31. The molecule has 0 fully saturated rings. The zero-order chi connectivity index (χ0) is 15.6. The summed E-state index contributed by atoms with van der Waals surface area (Å²) < 4.78 is 0. The molecule has 2 rings (SSSR count). The van der Waals surface area contributed by atoms with Crippen molar-refractivity contribution in [3.05, 3.63) is 29.8 Å². The van der Waals surface area contributed by atoms with Crippen LogP contribution in [0.4, 0.5) is 5.69 Å². The average Bonchev–Trinajstić information content (AvgIpc) is 2.89. The molecule has 0 radical (unpaired) electrons. The number of hydrogen-bond donors (Lipinski definition) is 1. The van der Waals surface area contributed by atoms with Crippen LogP contribution in [0.3, 0.4) is 0 Å². The molecule has 1 atom stereocenters. The molecule has 21 heavy (non-hydrogen) atoms. The SMILES string of the molecule is CCC(C)NC(=O)C(C)(C)C(=O)N1CCc2ccccc21. The fraction of sp³-hybridized carbons (Fsp3) is 0.529. The lowest BCUT2D eigenvalue weighted by Crippen LogP contribution is -2.51. The molecule has 2 amide bonds. The normalized spacial score (nSPS) is 15.5. The second-order valence-corrected chi connectivity index (χ2v) is 6.24. The number of fused-ring (bicyclic) bond motifs is 1. The maximum absolute atomic E-state index is 12.8. The highest BCUT2D eigenvalue weighted by atomic mass is 16.2. The maximum Gasteiger partial charge on any atom is 0.242 e. The van der Waals surface area contributed by atoms with E-state index in [2.05, 4.69) is 5.32 Å². The molecule has 4 nitrogen and oxygen atoms in total. The highest BCUT2D eigenvalue weighted by Gasteiger charge is 2.41. The zero-order valence-electron chi connectivity index (χ0n) is 13.3. The predicted octanol–water partition coefficient (Wildman–Crippen LogP) is 2.52. The van der Waals surface area contributed by atoms with Crippen molar-refractivity contribution in [2.45, 2.75) is 46.6 Å². The number of carbonyl (C=O) groups is 2. The number of anilines is 1. The third-order valence-electron chi connectivity index (χ3n) is 4.22. The minimum atomic E-state index is -1.05. The van der Waals surface area contributed by atoms with Crippen LogP contribution < -0.4 is 10.2 Å². The number of rotatable bonds is 4. The van der Waals surface area contributed by atoms with Gasteiger partial charge in [-0.25, -0.2) is 0 Å². The van der Waals surface area contributed by atoms with E-state index in [1.807, 2.05) is 38.1 Å². The summed E-state index contributed by atoms with van der Waals surface area (Å²) in [5.41, 5.74) is 1.05. The summed E-state index contributed by atoms with van der Waals surface area (Å²) in [5, 5.41) is 2.91. The predicted molar refractivity (Wildman–Crippen MR) is 84.2 cm³/mol. The Balaban J connectivity index is 2.18. The van der Waals surface area contributed by atoms with E-state index in [9.17, 15) is 9.59 Å². The van der Waals surface area contributed by atoms with Gasteiger partial charge < -0.3 is 10.2 Å². The standard InChI is InChI=1S/C17H24N2O2/c1-5-12(2)18-15(20)17(3,4)16(21)19-11-10-13-8-6-7-9-14(13)19/h6-9,12H,5,10-11H2,1-4H3,(H,18,20). The van der Waals surface area contributed by atoms with Crippen LogP contribution in [0, 0.1) is 5.41 Å². The first-order valence-corrected chi connectivity index (χ1v) is 7.58. The van der Waals surface area contributed by atoms with Gasteiger partial charge in [-0.3, -0.25) is 9.59 Å². The van der Waals surface area contributed by atoms with Crippen LogP contribution in [-0.2, 0) is 16.0 Å². The van der Waals surface area contributed by atoms with Crippen molar-refractivity contribution < 1.29 is 9.59 Å². The van der Waals surface area contributed by atoms with Crippen molar-refractivity contribution in [3.63, 3.8) is 0 Å². The highest BCUT2D eigenvalue weighted by molar-refractivity contribution is 6.11. The summed E-state index contributed by atoms with van der Waals surface area (Å²) in [6, 6.07) is 7.97. The van der Waals surface area contributed by atoms with Gasteiger partial charge in [-0.2, -0.15) is 0 Å². The molecule has 0 spiro atoms. The van der Waals surface area contributed by atoms with Crippen LogP contribution in [0.5, 0.6) is 0 Å². The van der Waals surface area contributed by atoms with E-state index in [4.69, 9.17) is 0 Å². The molecule has 1 aliphatic heterocycles. The summed E-state index contributed by atoms with van der Waals surface area (Å²) in [4.78, 5) is 26.9. The number of benzene rings is 1. The molecule has 0 aromatic heterocycles. The summed E-state index contributed by atoms with van der Waals surface area (Å²) in [6.45, 7) is 8.01. The van der Waals surface area contributed by atoms with Gasteiger partial charge in [0.05, 0.1) is 0 Å². The van der Waals surface area contributed by atoms with E-state index in [1.165, 1.54) is 5.56 Å². The van der Waals surface area contributed by atoms with Gasteiger partial charge in [0.25, 0.3) is 0 Å². The Hall–Kier alpha value is -1.84.